The van der Waals surface area contributed by atoms with E-state index in [1.165, 1.54) is 0 Å². The summed E-state index contributed by atoms with van der Waals surface area (Å²) in [5.74, 6) is -2.79. The molecule has 3 nitrogen and oxygen atoms in total. The quantitative estimate of drug-likeness (QED) is 0.845. The van der Waals surface area contributed by atoms with Gasteiger partial charge in [-0.25, -0.2) is 8.78 Å². The molecule has 0 saturated heterocycles. The number of nitrogens with zero attached hydrogens (tertiary/aromatic N) is 2. The lowest BCUT2D eigenvalue weighted by atomic mass is 10.3. The second-order valence-corrected chi connectivity index (χ2v) is 3.78. The van der Waals surface area contributed by atoms with Crippen LogP contribution in [0.15, 0.2) is 0 Å². The van der Waals surface area contributed by atoms with Gasteiger partial charge in [0.15, 0.2) is 0 Å². The van der Waals surface area contributed by atoms with E-state index >= 15 is 0 Å². The molecule has 0 aliphatic heterocycles. The number of rotatable bonds is 3. The van der Waals surface area contributed by atoms with Crippen molar-refractivity contribution >= 4 is 16.5 Å². The van der Waals surface area contributed by atoms with Crippen molar-refractivity contribution in [2.75, 3.05) is 11.9 Å². The molecule has 0 fully saturated rings. The molecule has 76 valence electrons. The highest BCUT2D eigenvalue weighted by molar-refractivity contribution is 7.10. The van der Waals surface area contributed by atoms with Crippen molar-refractivity contribution in [1.82, 2.24) is 4.37 Å². The molecular formula is C8H9F2N3S. The Kier molecular flexibility index (Phi) is 3.01. The van der Waals surface area contributed by atoms with Crippen LogP contribution < -0.4 is 5.32 Å². The first-order valence-electron chi connectivity index (χ1n) is 3.92. The van der Waals surface area contributed by atoms with E-state index in [0.29, 0.717) is 16.3 Å². The molecule has 0 atom stereocenters. The van der Waals surface area contributed by atoms with Crippen LogP contribution in [0.1, 0.15) is 18.2 Å². The summed E-state index contributed by atoms with van der Waals surface area (Å²) in [6.07, 6.45) is 0. The monoisotopic (exact) mass is 217 g/mol. The molecule has 1 N–H and O–H groups in total. The van der Waals surface area contributed by atoms with Crippen LogP contribution in [0.3, 0.4) is 0 Å². The molecule has 0 amide bonds. The maximum atomic E-state index is 12.5. The second-order valence-electron chi connectivity index (χ2n) is 3.01. The Hall–Kier alpha value is -1.22. The van der Waals surface area contributed by atoms with Gasteiger partial charge in [-0.15, -0.1) is 0 Å². The fraction of sp³-hybridized carbons (Fsp3) is 0.500. The van der Waals surface area contributed by atoms with Crippen LogP contribution in [0.25, 0.3) is 0 Å². The minimum absolute atomic E-state index is 0.347. The summed E-state index contributed by atoms with van der Waals surface area (Å²) < 4.78 is 28.9. The topological polar surface area (TPSA) is 48.7 Å². The van der Waals surface area contributed by atoms with E-state index in [1.807, 2.05) is 6.07 Å². The molecule has 0 saturated carbocycles. The molecular weight excluding hydrogens is 208 g/mol. The summed E-state index contributed by atoms with van der Waals surface area (Å²) >= 11 is 1.02. The number of nitriles is 1. The van der Waals surface area contributed by atoms with Gasteiger partial charge in [-0.2, -0.15) is 9.64 Å². The van der Waals surface area contributed by atoms with Crippen LogP contribution in [-0.2, 0) is 0 Å². The van der Waals surface area contributed by atoms with Crippen LogP contribution in [0.2, 0.25) is 0 Å². The first kappa shape index (κ1) is 10.9. The van der Waals surface area contributed by atoms with E-state index in [9.17, 15) is 8.78 Å². The molecule has 0 bridgehead atoms. The number of aryl methyl sites for hydroxylation is 1. The average Bonchev–Trinajstić information content (AvgIpc) is 2.41. The molecule has 1 heterocycles. The lowest BCUT2D eigenvalue weighted by Gasteiger charge is -2.10. The molecule has 0 spiro atoms. The predicted molar refractivity (Wildman–Crippen MR) is 50.7 cm³/mol. The van der Waals surface area contributed by atoms with Gasteiger partial charge in [-0.3, -0.25) is 0 Å². The van der Waals surface area contributed by atoms with Crippen molar-refractivity contribution in [2.45, 2.75) is 19.8 Å². The molecule has 14 heavy (non-hydrogen) atoms. The Morgan fingerprint density at radius 1 is 1.64 bits per heavy atom. The highest BCUT2D eigenvalue weighted by Crippen LogP contribution is 2.24. The molecule has 0 unspecified atom stereocenters. The molecule has 6 heteroatoms. The third-order valence-corrected chi connectivity index (χ3v) is 2.43. The maximum Gasteiger partial charge on any atom is 0.262 e. The Bertz CT molecular complexity index is 362. The van der Waals surface area contributed by atoms with Gasteiger partial charge >= 0.3 is 0 Å². The lowest BCUT2D eigenvalue weighted by molar-refractivity contribution is 0.0368. The van der Waals surface area contributed by atoms with E-state index in [1.54, 1.807) is 6.92 Å². The summed E-state index contributed by atoms with van der Waals surface area (Å²) in [6.45, 7) is 2.01. The normalized spacial score (nSPS) is 11.1. The Morgan fingerprint density at radius 2 is 2.29 bits per heavy atom. The minimum Gasteiger partial charge on any atom is -0.369 e. The van der Waals surface area contributed by atoms with Gasteiger partial charge in [-0.05, 0) is 18.5 Å². The first-order valence-corrected chi connectivity index (χ1v) is 4.69. The largest absolute Gasteiger partial charge is 0.369 e. The van der Waals surface area contributed by atoms with Crippen molar-refractivity contribution in [3.8, 4) is 6.07 Å². The fourth-order valence-corrected chi connectivity index (χ4v) is 1.60. The van der Waals surface area contributed by atoms with Gasteiger partial charge in [0.1, 0.15) is 16.6 Å². The van der Waals surface area contributed by atoms with Crippen molar-refractivity contribution < 1.29 is 8.78 Å². The Labute approximate surface area is 84.5 Å². The van der Waals surface area contributed by atoms with E-state index in [0.717, 1.165) is 18.5 Å². The molecule has 0 aliphatic carbocycles. The van der Waals surface area contributed by atoms with E-state index in [-0.39, 0.29) is 0 Å². The molecule has 1 aromatic heterocycles. The number of aromatic nitrogens is 1. The van der Waals surface area contributed by atoms with Gasteiger partial charge in [0, 0.05) is 6.92 Å². The summed E-state index contributed by atoms with van der Waals surface area (Å²) in [4.78, 5) is 0. The highest BCUT2D eigenvalue weighted by atomic mass is 32.1. The Morgan fingerprint density at radius 3 is 2.79 bits per heavy atom. The zero-order valence-corrected chi connectivity index (χ0v) is 8.58. The molecule has 1 rings (SSSR count). The lowest BCUT2D eigenvalue weighted by Crippen LogP contribution is -2.22. The van der Waals surface area contributed by atoms with Crippen molar-refractivity contribution in [3.05, 3.63) is 11.3 Å². The summed E-state index contributed by atoms with van der Waals surface area (Å²) in [5.41, 5.74) is 0.915. The van der Waals surface area contributed by atoms with Gasteiger partial charge in [0.25, 0.3) is 5.92 Å². The van der Waals surface area contributed by atoms with Crippen molar-refractivity contribution in [1.29, 1.82) is 5.26 Å². The van der Waals surface area contributed by atoms with Gasteiger partial charge in [0.05, 0.1) is 12.2 Å². The van der Waals surface area contributed by atoms with E-state index < -0.39 is 12.5 Å². The van der Waals surface area contributed by atoms with E-state index in [4.69, 9.17) is 5.26 Å². The average molecular weight is 217 g/mol. The van der Waals surface area contributed by atoms with Crippen LogP contribution >= 0.6 is 11.5 Å². The predicted octanol–water partition coefficient (Wildman–Crippen LogP) is 2.39. The van der Waals surface area contributed by atoms with Gasteiger partial charge in [0.2, 0.25) is 0 Å². The van der Waals surface area contributed by atoms with Gasteiger partial charge < -0.3 is 5.32 Å². The zero-order valence-electron chi connectivity index (χ0n) is 7.77. The molecule has 0 aromatic carbocycles. The number of hydrogen-bond donors (Lipinski definition) is 1. The van der Waals surface area contributed by atoms with Crippen LogP contribution in [0, 0.1) is 18.3 Å². The van der Waals surface area contributed by atoms with Crippen molar-refractivity contribution in [3.63, 3.8) is 0 Å². The second kappa shape index (κ2) is 3.88. The summed E-state index contributed by atoms with van der Waals surface area (Å²) in [6, 6.07) is 1.92. The fourth-order valence-electron chi connectivity index (χ4n) is 0.858. The summed E-state index contributed by atoms with van der Waals surface area (Å²) in [7, 11) is 0. The maximum absolute atomic E-state index is 12.5. The third-order valence-electron chi connectivity index (χ3n) is 1.53. The molecule has 1 aromatic rings. The first-order chi connectivity index (χ1) is 6.44. The van der Waals surface area contributed by atoms with E-state index in [2.05, 4.69) is 9.69 Å². The van der Waals surface area contributed by atoms with Crippen LogP contribution in [0.4, 0.5) is 13.8 Å². The van der Waals surface area contributed by atoms with Crippen LogP contribution in [-0.4, -0.2) is 16.8 Å². The highest BCUT2D eigenvalue weighted by Gasteiger charge is 2.22. The third kappa shape index (κ3) is 2.64. The Balaban J connectivity index is 2.74. The number of alkyl halides is 2. The SMILES string of the molecule is Cc1nsc(NCC(C)(F)F)c1C#N. The molecule has 0 aliphatic rings. The molecule has 0 radical (unpaired) electrons. The van der Waals surface area contributed by atoms with Crippen molar-refractivity contribution in [2.24, 2.45) is 0 Å². The number of halogens is 2. The van der Waals surface area contributed by atoms with Gasteiger partial charge in [-0.1, -0.05) is 0 Å². The zero-order chi connectivity index (χ0) is 10.8. The number of nitrogens with one attached hydrogen (secondary N) is 1. The smallest absolute Gasteiger partial charge is 0.262 e. The van der Waals surface area contributed by atoms with Crippen LogP contribution in [0.5, 0.6) is 0 Å². The summed E-state index contributed by atoms with van der Waals surface area (Å²) in [5, 5.41) is 11.6. The standard InChI is InChI=1S/C8H9F2N3S/c1-5-6(3-11)7(14-13-5)12-4-8(2,9)10/h12H,4H2,1-2H3. The minimum atomic E-state index is -2.79. The number of anilines is 1. The number of hydrogen-bond acceptors (Lipinski definition) is 4.